The molecule has 0 radical (unpaired) electrons. The molecule has 8 nitrogen and oxygen atoms in total. The predicted molar refractivity (Wildman–Crippen MR) is 161 cm³/mol. The molecule has 2 aromatic heterocycles. The van der Waals surface area contributed by atoms with Crippen LogP contribution in [-0.4, -0.2) is 74.9 Å². The van der Waals surface area contributed by atoms with Gasteiger partial charge in [-0.25, -0.2) is 15.0 Å². The summed E-state index contributed by atoms with van der Waals surface area (Å²) in [7, 11) is 0. The van der Waals surface area contributed by atoms with Crippen LogP contribution in [0.15, 0.2) is 85.2 Å². The number of piperazine rings is 1. The second-order valence-corrected chi connectivity index (χ2v) is 10.5. The van der Waals surface area contributed by atoms with Gasteiger partial charge < -0.3 is 15.3 Å². The Balaban J connectivity index is 1.15. The van der Waals surface area contributed by atoms with Crippen LogP contribution in [0.5, 0.6) is 0 Å². The lowest BCUT2D eigenvalue weighted by Crippen LogP contribution is -2.49. The normalized spacial score (nSPS) is 14.9. The number of rotatable bonds is 8. The smallest absolute Gasteiger partial charge is 0.170 e. The van der Waals surface area contributed by atoms with Gasteiger partial charge in [-0.15, -0.1) is 0 Å². The molecule has 5 aromatic rings. The first kappa shape index (κ1) is 26.3. The van der Waals surface area contributed by atoms with Crippen LogP contribution in [0.2, 0.25) is 5.02 Å². The third-order valence-electron chi connectivity index (χ3n) is 7.42. The summed E-state index contributed by atoms with van der Waals surface area (Å²) < 4.78 is 2.05. The number of halogens is 1. The molecule has 1 aliphatic rings. The molecule has 3 heterocycles. The monoisotopic (exact) mass is 553 g/mol. The number of β-amino-alcohol motifs (C(OH)–C–C–N with tert-alkyl or cyclic N) is 1. The average Bonchev–Trinajstić information content (AvgIpc) is 3.39. The van der Waals surface area contributed by atoms with Gasteiger partial charge in [0, 0.05) is 61.2 Å². The first-order valence-electron chi connectivity index (χ1n) is 13.6. The van der Waals surface area contributed by atoms with E-state index in [-0.39, 0.29) is 0 Å². The van der Waals surface area contributed by atoms with Crippen molar-refractivity contribution in [1.82, 2.24) is 24.4 Å². The molecule has 3 aromatic carbocycles. The summed E-state index contributed by atoms with van der Waals surface area (Å²) in [6.45, 7) is 6.55. The number of nitrogens with one attached hydrogen (secondary N) is 1. The van der Waals surface area contributed by atoms with Crippen molar-refractivity contribution in [3.8, 4) is 17.1 Å². The molecule has 0 aliphatic carbocycles. The minimum Gasteiger partial charge on any atom is -0.390 e. The molecule has 1 fully saturated rings. The molecule has 1 saturated heterocycles. The molecule has 6 rings (SSSR count). The fraction of sp³-hybridized carbons (Fsp3) is 0.258. The Hall–Kier alpha value is -3.98. The number of benzene rings is 3. The van der Waals surface area contributed by atoms with Gasteiger partial charge in [0.1, 0.15) is 12.2 Å². The zero-order valence-electron chi connectivity index (χ0n) is 22.4. The molecule has 1 aliphatic heterocycles. The van der Waals surface area contributed by atoms with E-state index in [1.54, 1.807) is 6.33 Å². The molecule has 1 atom stereocenters. The first-order valence-corrected chi connectivity index (χ1v) is 13.9. The number of fused-ring (bicyclic) bond motifs is 1. The van der Waals surface area contributed by atoms with Gasteiger partial charge in [-0.2, -0.15) is 0 Å². The topological polar surface area (TPSA) is 82.3 Å². The number of aliphatic hydroxyl groups is 1. The maximum atomic E-state index is 10.9. The van der Waals surface area contributed by atoms with Gasteiger partial charge in [-0.3, -0.25) is 9.47 Å². The van der Waals surface area contributed by atoms with E-state index >= 15 is 0 Å². The second-order valence-electron chi connectivity index (χ2n) is 10.1. The van der Waals surface area contributed by atoms with Gasteiger partial charge in [0.2, 0.25) is 0 Å². The van der Waals surface area contributed by atoms with Crippen molar-refractivity contribution in [1.29, 1.82) is 0 Å². The Morgan fingerprint density at radius 2 is 1.62 bits per heavy atom. The maximum Gasteiger partial charge on any atom is 0.170 e. The van der Waals surface area contributed by atoms with E-state index < -0.39 is 6.10 Å². The lowest BCUT2D eigenvalue weighted by Gasteiger charge is -2.37. The van der Waals surface area contributed by atoms with Crippen molar-refractivity contribution in [2.75, 3.05) is 49.5 Å². The Morgan fingerprint density at radius 3 is 2.38 bits per heavy atom. The van der Waals surface area contributed by atoms with E-state index in [1.807, 2.05) is 72.8 Å². The number of nitrogens with zero attached hydrogens (tertiary/aromatic N) is 6. The summed E-state index contributed by atoms with van der Waals surface area (Å²) in [6.07, 6.45) is 0.985. The number of anilines is 2. The molecule has 204 valence electrons. The van der Waals surface area contributed by atoms with Crippen LogP contribution in [0.25, 0.3) is 28.2 Å². The lowest BCUT2D eigenvalue weighted by atomic mass is 10.1. The molecule has 40 heavy (non-hydrogen) atoms. The predicted octanol–water partition coefficient (Wildman–Crippen LogP) is 5.04. The van der Waals surface area contributed by atoms with Crippen LogP contribution < -0.4 is 10.2 Å². The molecule has 0 saturated carbocycles. The number of hydrogen-bond donors (Lipinski definition) is 2. The fourth-order valence-electron chi connectivity index (χ4n) is 5.31. The Morgan fingerprint density at radius 1 is 0.900 bits per heavy atom. The van der Waals surface area contributed by atoms with Crippen LogP contribution in [0, 0.1) is 6.92 Å². The average molecular weight is 554 g/mol. The number of para-hydroxylation sites is 1. The summed E-state index contributed by atoms with van der Waals surface area (Å²) in [6, 6.07) is 26.2. The van der Waals surface area contributed by atoms with Crippen LogP contribution in [-0.2, 0) is 0 Å². The molecule has 0 spiro atoms. The summed E-state index contributed by atoms with van der Waals surface area (Å²) in [5.74, 6) is 1.40. The Bertz CT molecular complexity index is 1580. The van der Waals surface area contributed by atoms with Gasteiger partial charge >= 0.3 is 0 Å². The third kappa shape index (κ3) is 5.38. The van der Waals surface area contributed by atoms with Crippen molar-refractivity contribution in [2.45, 2.75) is 13.0 Å². The molecule has 2 N–H and O–H groups in total. The van der Waals surface area contributed by atoms with E-state index in [9.17, 15) is 5.11 Å². The van der Waals surface area contributed by atoms with Crippen molar-refractivity contribution >= 4 is 34.3 Å². The highest BCUT2D eigenvalue weighted by Crippen LogP contribution is 2.30. The molecule has 0 bridgehead atoms. The summed E-state index contributed by atoms with van der Waals surface area (Å²) in [5.41, 5.74) is 5.64. The molecule has 0 amide bonds. The second kappa shape index (κ2) is 11.6. The van der Waals surface area contributed by atoms with Gasteiger partial charge in [-0.1, -0.05) is 66.2 Å². The van der Waals surface area contributed by atoms with Gasteiger partial charge in [-0.05, 0) is 36.8 Å². The highest BCUT2D eigenvalue weighted by Gasteiger charge is 2.22. The van der Waals surface area contributed by atoms with Crippen LogP contribution >= 0.6 is 11.6 Å². The third-order valence-corrected chi connectivity index (χ3v) is 7.83. The fourth-order valence-corrected chi connectivity index (χ4v) is 5.48. The van der Waals surface area contributed by atoms with Crippen molar-refractivity contribution in [3.05, 3.63) is 95.8 Å². The van der Waals surface area contributed by atoms with Gasteiger partial charge in [0.05, 0.1) is 6.10 Å². The number of hydrogen-bond acceptors (Lipinski definition) is 7. The SMILES string of the molecule is Cc1c(Cl)cccc1N1CCN(C[C@H](O)CNc2ncnc3c2nc(-c2ccccc2)n3-c2ccccc2)CC1. The highest BCUT2D eigenvalue weighted by molar-refractivity contribution is 6.31. The maximum absolute atomic E-state index is 10.9. The quantitative estimate of drug-likeness (QED) is 0.278. The van der Waals surface area contributed by atoms with E-state index in [2.05, 4.69) is 42.6 Å². The van der Waals surface area contributed by atoms with E-state index in [1.165, 1.54) is 5.69 Å². The standard InChI is InChI=1S/C31H32ClN7O/c1-22-26(32)13-8-14-27(22)38-17-15-37(16-18-38)20-25(40)19-33-29-28-31(35-21-34-29)39(24-11-6-3-7-12-24)30(36-28)23-9-4-2-5-10-23/h2-14,21,25,40H,15-20H2,1H3,(H,33,34,35)/t25-/m1/s1. The number of aromatic nitrogens is 4. The molecular weight excluding hydrogens is 522 g/mol. The van der Waals surface area contributed by atoms with E-state index in [0.29, 0.717) is 30.1 Å². The zero-order valence-corrected chi connectivity index (χ0v) is 23.2. The first-order chi connectivity index (χ1) is 19.6. The highest BCUT2D eigenvalue weighted by atomic mass is 35.5. The largest absolute Gasteiger partial charge is 0.390 e. The Kier molecular flexibility index (Phi) is 7.64. The van der Waals surface area contributed by atoms with Crippen LogP contribution in [0.3, 0.4) is 0 Å². The summed E-state index contributed by atoms with van der Waals surface area (Å²) in [4.78, 5) is 18.7. The van der Waals surface area contributed by atoms with Crippen molar-refractivity contribution in [2.24, 2.45) is 0 Å². The minimum atomic E-state index is -0.561. The van der Waals surface area contributed by atoms with Crippen LogP contribution in [0.1, 0.15) is 5.56 Å². The summed E-state index contributed by atoms with van der Waals surface area (Å²) >= 11 is 6.33. The lowest BCUT2D eigenvalue weighted by molar-refractivity contribution is 0.118. The molecular formula is C31H32ClN7O. The number of aliphatic hydroxyl groups excluding tert-OH is 1. The van der Waals surface area contributed by atoms with Gasteiger partial charge in [0.15, 0.2) is 17.0 Å². The molecule has 9 heteroatoms. The van der Waals surface area contributed by atoms with Crippen LogP contribution in [0.4, 0.5) is 11.5 Å². The summed E-state index contributed by atoms with van der Waals surface area (Å²) in [5, 5.41) is 15.0. The minimum absolute atomic E-state index is 0.360. The zero-order chi connectivity index (χ0) is 27.5. The van der Waals surface area contributed by atoms with E-state index in [0.717, 1.165) is 53.8 Å². The van der Waals surface area contributed by atoms with Crippen molar-refractivity contribution < 1.29 is 5.11 Å². The van der Waals surface area contributed by atoms with Crippen molar-refractivity contribution in [3.63, 3.8) is 0 Å². The van der Waals surface area contributed by atoms with E-state index in [4.69, 9.17) is 16.6 Å². The van der Waals surface area contributed by atoms with Gasteiger partial charge in [0.25, 0.3) is 0 Å². The Labute approximate surface area is 238 Å². The molecule has 0 unspecified atom stereocenters. The number of imidazole rings is 1.